The molecule has 0 fully saturated rings. The number of ether oxygens (including phenoxy) is 2. The molecule has 3 aromatic rings. The average Bonchev–Trinajstić information content (AvgIpc) is 3.04. The van der Waals surface area contributed by atoms with Crippen LogP contribution in [0.25, 0.3) is 6.08 Å². The van der Waals surface area contributed by atoms with Crippen molar-refractivity contribution >= 4 is 11.9 Å². The quantitative estimate of drug-likeness (QED) is 0.564. The first-order valence-electron chi connectivity index (χ1n) is 9.33. The number of methoxy groups -OCH3 is 1. The van der Waals surface area contributed by atoms with Crippen molar-refractivity contribution in [2.24, 2.45) is 0 Å². The third-order valence-corrected chi connectivity index (χ3v) is 4.98. The first-order valence-corrected chi connectivity index (χ1v) is 9.33. The summed E-state index contributed by atoms with van der Waals surface area (Å²) in [5, 5.41) is 0. The van der Waals surface area contributed by atoms with Gasteiger partial charge in [-0.1, -0.05) is 54.1 Å². The summed E-state index contributed by atoms with van der Waals surface area (Å²) in [5.41, 5.74) is 5.79. The predicted octanol–water partition coefficient (Wildman–Crippen LogP) is 5.41. The third kappa shape index (κ3) is 3.70. The van der Waals surface area contributed by atoms with Gasteiger partial charge in [0.25, 0.3) is 0 Å². The molecule has 3 nitrogen and oxygen atoms in total. The number of allylic oxidation sites excluding steroid dienone is 1. The Balaban J connectivity index is 1.55. The van der Waals surface area contributed by atoms with Crippen molar-refractivity contribution in [3.05, 3.63) is 100 Å². The molecule has 0 amide bonds. The van der Waals surface area contributed by atoms with Gasteiger partial charge >= 0.3 is 0 Å². The smallest absolute Gasteiger partial charge is 0.193 e. The summed E-state index contributed by atoms with van der Waals surface area (Å²) in [4.78, 5) is 13.0. The lowest BCUT2D eigenvalue weighted by molar-refractivity contribution is 0.103. The number of hydrogen-bond acceptors (Lipinski definition) is 3. The standard InChI is InChI=1S/C25H22O3/c1-17-6-8-18(9-7-17)14-21-15-20-4-3-5-23(24(20)25(21)26)28-16-19-10-12-22(27-2)13-11-19/h3-14H,15-16H2,1-2H3/b21-14+. The van der Waals surface area contributed by atoms with Gasteiger partial charge in [0.15, 0.2) is 5.78 Å². The molecule has 1 aliphatic rings. The number of Topliss-reactive ketones (excluding diaryl/α,β-unsaturated/α-hetero) is 1. The van der Waals surface area contributed by atoms with Crippen LogP contribution < -0.4 is 9.47 Å². The fourth-order valence-corrected chi connectivity index (χ4v) is 3.41. The molecule has 0 saturated heterocycles. The SMILES string of the molecule is COc1ccc(COc2cccc3c2C(=O)/C(=C/c2ccc(C)cc2)C3)cc1. The van der Waals surface area contributed by atoms with Gasteiger partial charge in [-0.25, -0.2) is 0 Å². The molecule has 0 heterocycles. The third-order valence-electron chi connectivity index (χ3n) is 4.98. The van der Waals surface area contributed by atoms with E-state index in [2.05, 4.69) is 19.1 Å². The second kappa shape index (κ2) is 7.73. The van der Waals surface area contributed by atoms with Gasteiger partial charge in [0, 0.05) is 12.0 Å². The maximum atomic E-state index is 13.0. The van der Waals surface area contributed by atoms with Gasteiger partial charge in [-0.2, -0.15) is 0 Å². The lowest BCUT2D eigenvalue weighted by Gasteiger charge is -2.10. The molecule has 0 N–H and O–H groups in total. The van der Waals surface area contributed by atoms with Gasteiger partial charge in [-0.3, -0.25) is 4.79 Å². The highest BCUT2D eigenvalue weighted by Crippen LogP contribution is 2.34. The fourth-order valence-electron chi connectivity index (χ4n) is 3.41. The number of ketones is 1. The molecule has 1 aliphatic carbocycles. The molecule has 0 bridgehead atoms. The van der Waals surface area contributed by atoms with Gasteiger partial charge in [0.2, 0.25) is 0 Å². The van der Waals surface area contributed by atoms with E-state index in [9.17, 15) is 4.79 Å². The summed E-state index contributed by atoms with van der Waals surface area (Å²) < 4.78 is 11.2. The molecule has 0 spiro atoms. The van der Waals surface area contributed by atoms with E-state index in [0.29, 0.717) is 24.3 Å². The van der Waals surface area contributed by atoms with Crippen LogP contribution in [0.2, 0.25) is 0 Å². The summed E-state index contributed by atoms with van der Waals surface area (Å²) >= 11 is 0. The van der Waals surface area contributed by atoms with Crippen molar-refractivity contribution in [2.75, 3.05) is 7.11 Å². The molecule has 0 radical (unpaired) electrons. The molecule has 0 unspecified atom stereocenters. The van der Waals surface area contributed by atoms with E-state index in [-0.39, 0.29) is 5.78 Å². The summed E-state index contributed by atoms with van der Waals surface area (Å²) in [6, 6.07) is 21.8. The van der Waals surface area contributed by atoms with Crippen LogP contribution in [0.1, 0.15) is 32.6 Å². The van der Waals surface area contributed by atoms with E-state index in [4.69, 9.17) is 9.47 Å². The van der Waals surface area contributed by atoms with E-state index < -0.39 is 0 Å². The van der Waals surface area contributed by atoms with Gasteiger partial charge in [0.1, 0.15) is 18.1 Å². The topological polar surface area (TPSA) is 35.5 Å². The van der Waals surface area contributed by atoms with Crippen LogP contribution in [0.4, 0.5) is 0 Å². The number of fused-ring (bicyclic) bond motifs is 1. The van der Waals surface area contributed by atoms with Crippen molar-refractivity contribution in [3.63, 3.8) is 0 Å². The Labute approximate surface area is 165 Å². The number of aryl methyl sites for hydroxylation is 1. The average molecular weight is 370 g/mol. The van der Waals surface area contributed by atoms with Crippen molar-refractivity contribution in [1.82, 2.24) is 0 Å². The summed E-state index contributed by atoms with van der Waals surface area (Å²) in [5.74, 6) is 1.51. The molecule has 3 aromatic carbocycles. The maximum Gasteiger partial charge on any atom is 0.193 e. The minimum absolute atomic E-state index is 0.0564. The molecule has 0 aliphatic heterocycles. The zero-order valence-corrected chi connectivity index (χ0v) is 16.1. The van der Waals surface area contributed by atoms with Crippen LogP contribution in [0.15, 0.2) is 72.3 Å². The lowest BCUT2D eigenvalue weighted by atomic mass is 10.1. The van der Waals surface area contributed by atoms with Gasteiger partial charge in [-0.15, -0.1) is 0 Å². The van der Waals surface area contributed by atoms with Gasteiger partial charge < -0.3 is 9.47 Å². The largest absolute Gasteiger partial charge is 0.497 e. The van der Waals surface area contributed by atoms with E-state index in [1.807, 2.05) is 60.7 Å². The highest BCUT2D eigenvalue weighted by Gasteiger charge is 2.28. The second-order valence-electron chi connectivity index (χ2n) is 7.01. The Kier molecular flexibility index (Phi) is 4.98. The summed E-state index contributed by atoms with van der Waals surface area (Å²) in [6.45, 7) is 2.46. The van der Waals surface area contributed by atoms with Crippen LogP contribution >= 0.6 is 0 Å². The van der Waals surface area contributed by atoms with Crippen molar-refractivity contribution in [1.29, 1.82) is 0 Å². The molecular formula is C25H22O3. The first kappa shape index (κ1) is 18.1. The van der Waals surface area contributed by atoms with Gasteiger partial charge in [-0.05, 0) is 47.9 Å². The Hall–Kier alpha value is -3.33. The normalized spacial score (nSPS) is 14.2. The number of carbonyl (C=O) groups is 1. The molecule has 4 rings (SSSR count). The molecule has 0 saturated carbocycles. The first-order chi connectivity index (χ1) is 13.6. The van der Waals surface area contributed by atoms with Crippen LogP contribution in [0.5, 0.6) is 11.5 Å². The highest BCUT2D eigenvalue weighted by atomic mass is 16.5. The molecular weight excluding hydrogens is 348 g/mol. The van der Waals surface area contributed by atoms with Crippen molar-refractivity contribution in [2.45, 2.75) is 20.0 Å². The fraction of sp³-hybridized carbons (Fsp3) is 0.160. The highest BCUT2D eigenvalue weighted by molar-refractivity contribution is 6.17. The minimum atomic E-state index is 0.0564. The van der Waals surface area contributed by atoms with Crippen molar-refractivity contribution < 1.29 is 14.3 Å². The Morgan fingerprint density at radius 3 is 2.43 bits per heavy atom. The van der Waals surface area contributed by atoms with Crippen LogP contribution in [-0.2, 0) is 13.0 Å². The van der Waals surface area contributed by atoms with Gasteiger partial charge in [0.05, 0.1) is 12.7 Å². The second-order valence-corrected chi connectivity index (χ2v) is 7.01. The van der Waals surface area contributed by atoms with E-state index in [0.717, 1.165) is 28.0 Å². The zero-order valence-electron chi connectivity index (χ0n) is 16.1. The zero-order chi connectivity index (χ0) is 19.5. The number of rotatable bonds is 5. The summed E-state index contributed by atoms with van der Waals surface area (Å²) in [6.07, 6.45) is 2.62. The molecule has 0 atom stereocenters. The number of hydrogen-bond donors (Lipinski definition) is 0. The number of benzene rings is 3. The minimum Gasteiger partial charge on any atom is -0.497 e. The number of carbonyl (C=O) groups excluding carboxylic acids is 1. The Morgan fingerprint density at radius 2 is 1.71 bits per heavy atom. The maximum absolute atomic E-state index is 13.0. The molecule has 28 heavy (non-hydrogen) atoms. The Morgan fingerprint density at radius 1 is 0.964 bits per heavy atom. The van der Waals surface area contributed by atoms with Crippen LogP contribution in [-0.4, -0.2) is 12.9 Å². The molecule has 3 heteroatoms. The van der Waals surface area contributed by atoms with E-state index >= 15 is 0 Å². The van der Waals surface area contributed by atoms with E-state index in [1.165, 1.54) is 5.56 Å². The summed E-state index contributed by atoms with van der Waals surface area (Å²) in [7, 11) is 1.64. The van der Waals surface area contributed by atoms with Crippen LogP contribution in [0, 0.1) is 6.92 Å². The van der Waals surface area contributed by atoms with E-state index in [1.54, 1.807) is 7.11 Å². The lowest BCUT2D eigenvalue weighted by Crippen LogP contribution is -2.02. The molecule has 140 valence electrons. The monoisotopic (exact) mass is 370 g/mol. The Bertz CT molecular complexity index is 1030. The van der Waals surface area contributed by atoms with Crippen molar-refractivity contribution in [3.8, 4) is 11.5 Å². The van der Waals surface area contributed by atoms with Crippen LogP contribution in [0.3, 0.4) is 0 Å². The predicted molar refractivity (Wildman–Crippen MR) is 111 cm³/mol. The molecule has 0 aromatic heterocycles.